The Bertz CT molecular complexity index is 394. The van der Waals surface area contributed by atoms with Crippen LogP contribution in [-0.4, -0.2) is 12.1 Å². The van der Waals surface area contributed by atoms with Crippen molar-refractivity contribution in [1.82, 2.24) is 0 Å². The molecule has 0 spiro atoms. The Morgan fingerprint density at radius 3 is 2.78 bits per heavy atom. The monoisotopic (exact) mass is 251 g/mol. The fourth-order valence-electron chi connectivity index (χ4n) is 2.64. The van der Waals surface area contributed by atoms with Crippen LogP contribution in [0.1, 0.15) is 33.1 Å². The van der Waals surface area contributed by atoms with Gasteiger partial charge < -0.3 is 10.5 Å². The summed E-state index contributed by atoms with van der Waals surface area (Å²) in [5.41, 5.74) is 6.11. The van der Waals surface area contributed by atoms with Crippen molar-refractivity contribution < 1.29 is 9.13 Å². The van der Waals surface area contributed by atoms with Gasteiger partial charge in [-0.1, -0.05) is 19.9 Å². The second kappa shape index (κ2) is 5.70. The van der Waals surface area contributed by atoms with Crippen molar-refractivity contribution in [1.29, 1.82) is 0 Å². The summed E-state index contributed by atoms with van der Waals surface area (Å²) in [6, 6.07) is 6.35. The van der Waals surface area contributed by atoms with Gasteiger partial charge in [0.05, 0.1) is 0 Å². The van der Waals surface area contributed by atoms with Crippen LogP contribution in [-0.2, 0) is 0 Å². The lowest BCUT2D eigenvalue weighted by molar-refractivity contribution is 0.0865. The zero-order valence-corrected chi connectivity index (χ0v) is 11.1. The molecule has 3 unspecified atom stereocenters. The molecule has 2 rings (SSSR count). The van der Waals surface area contributed by atoms with Crippen molar-refractivity contribution >= 4 is 0 Å². The molecule has 100 valence electrons. The molecule has 1 aliphatic carbocycles. The Kier molecular flexibility index (Phi) is 4.23. The van der Waals surface area contributed by atoms with E-state index in [0.717, 1.165) is 12.8 Å². The second-order valence-electron chi connectivity index (χ2n) is 5.59. The van der Waals surface area contributed by atoms with Gasteiger partial charge in [0.15, 0.2) is 0 Å². The zero-order chi connectivity index (χ0) is 13.1. The Morgan fingerprint density at radius 1 is 1.33 bits per heavy atom. The summed E-state index contributed by atoms with van der Waals surface area (Å²) in [4.78, 5) is 0. The van der Waals surface area contributed by atoms with Gasteiger partial charge in [0, 0.05) is 12.1 Å². The summed E-state index contributed by atoms with van der Waals surface area (Å²) in [6.07, 6.45) is 3.13. The lowest BCUT2D eigenvalue weighted by Crippen LogP contribution is -2.44. The first-order valence-corrected chi connectivity index (χ1v) is 6.74. The van der Waals surface area contributed by atoms with Crippen molar-refractivity contribution in [2.24, 2.45) is 17.6 Å². The smallest absolute Gasteiger partial charge is 0.126 e. The van der Waals surface area contributed by atoms with Crippen molar-refractivity contribution in [2.45, 2.75) is 45.3 Å². The molecule has 3 heteroatoms. The lowest BCUT2D eigenvalue weighted by atomic mass is 9.78. The summed E-state index contributed by atoms with van der Waals surface area (Å²) in [5.74, 6) is 1.62. The number of ether oxygens (including phenoxy) is 1. The maximum Gasteiger partial charge on any atom is 0.126 e. The average Bonchev–Trinajstić information content (AvgIpc) is 2.31. The van der Waals surface area contributed by atoms with E-state index in [1.807, 2.05) is 0 Å². The predicted molar refractivity (Wildman–Crippen MR) is 71.0 cm³/mol. The van der Waals surface area contributed by atoms with Crippen LogP contribution >= 0.6 is 0 Å². The van der Waals surface area contributed by atoms with E-state index in [-0.39, 0.29) is 18.0 Å². The Labute approximate surface area is 108 Å². The molecule has 0 aliphatic heterocycles. The Hall–Kier alpha value is -1.09. The molecule has 2 nitrogen and oxygen atoms in total. The summed E-state index contributed by atoms with van der Waals surface area (Å²) < 4.78 is 19.0. The highest BCUT2D eigenvalue weighted by atomic mass is 19.1. The topological polar surface area (TPSA) is 35.2 Å². The molecular formula is C15H22FNO. The van der Waals surface area contributed by atoms with Crippen LogP contribution in [0.5, 0.6) is 5.75 Å². The van der Waals surface area contributed by atoms with E-state index in [1.165, 1.54) is 18.6 Å². The molecule has 0 bridgehead atoms. The van der Waals surface area contributed by atoms with Gasteiger partial charge in [-0.2, -0.15) is 0 Å². The van der Waals surface area contributed by atoms with Crippen molar-refractivity contribution in [3.8, 4) is 5.75 Å². The largest absolute Gasteiger partial charge is 0.489 e. The number of hydrogen-bond acceptors (Lipinski definition) is 2. The second-order valence-corrected chi connectivity index (χ2v) is 5.59. The molecule has 1 aliphatic rings. The van der Waals surface area contributed by atoms with Crippen LogP contribution in [0.3, 0.4) is 0 Å². The van der Waals surface area contributed by atoms with Crippen LogP contribution in [0.4, 0.5) is 4.39 Å². The average molecular weight is 251 g/mol. The van der Waals surface area contributed by atoms with E-state index in [4.69, 9.17) is 10.5 Å². The lowest BCUT2D eigenvalue weighted by Gasteiger charge is -2.36. The van der Waals surface area contributed by atoms with Gasteiger partial charge in [-0.25, -0.2) is 4.39 Å². The van der Waals surface area contributed by atoms with Crippen molar-refractivity contribution in [3.05, 3.63) is 30.1 Å². The van der Waals surface area contributed by atoms with E-state index in [2.05, 4.69) is 13.8 Å². The highest BCUT2D eigenvalue weighted by Gasteiger charge is 2.31. The number of benzene rings is 1. The molecule has 18 heavy (non-hydrogen) atoms. The molecule has 1 fully saturated rings. The molecule has 1 aromatic rings. The SMILES string of the molecule is CC(C)C1CCC(N)C(Oc2cccc(F)c2)C1. The normalized spacial score (nSPS) is 28.4. The minimum Gasteiger partial charge on any atom is -0.489 e. The van der Waals surface area contributed by atoms with E-state index in [0.29, 0.717) is 17.6 Å². The minimum absolute atomic E-state index is 0.00736. The first-order chi connectivity index (χ1) is 8.56. The Morgan fingerprint density at radius 2 is 2.11 bits per heavy atom. The first kappa shape index (κ1) is 13.3. The number of rotatable bonds is 3. The number of hydrogen-bond donors (Lipinski definition) is 1. The molecule has 0 amide bonds. The third-order valence-corrected chi connectivity index (χ3v) is 3.91. The van der Waals surface area contributed by atoms with Crippen LogP contribution in [0.25, 0.3) is 0 Å². The van der Waals surface area contributed by atoms with Gasteiger partial charge in [-0.15, -0.1) is 0 Å². The third-order valence-electron chi connectivity index (χ3n) is 3.91. The van der Waals surface area contributed by atoms with Gasteiger partial charge in [-0.3, -0.25) is 0 Å². The Balaban J connectivity index is 2.02. The number of halogens is 1. The summed E-state index contributed by atoms with van der Waals surface area (Å²) in [7, 11) is 0. The van der Waals surface area contributed by atoms with Gasteiger partial charge in [0.2, 0.25) is 0 Å². The fourth-order valence-corrected chi connectivity index (χ4v) is 2.64. The van der Waals surface area contributed by atoms with Crippen LogP contribution in [0, 0.1) is 17.7 Å². The highest BCUT2D eigenvalue weighted by molar-refractivity contribution is 5.23. The van der Waals surface area contributed by atoms with Gasteiger partial charge in [-0.05, 0) is 43.2 Å². The molecule has 0 saturated heterocycles. The number of nitrogens with two attached hydrogens (primary N) is 1. The molecule has 1 aromatic carbocycles. The first-order valence-electron chi connectivity index (χ1n) is 6.74. The minimum atomic E-state index is -0.266. The maximum atomic E-state index is 13.1. The van der Waals surface area contributed by atoms with Crippen molar-refractivity contribution in [3.63, 3.8) is 0 Å². The highest BCUT2D eigenvalue weighted by Crippen LogP contribution is 2.31. The van der Waals surface area contributed by atoms with Crippen LogP contribution < -0.4 is 10.5 Å². The zero-order valence-electron chi connectivity index (χ0n) is 11.1. The van der Waals surface area contributed by atoms with Gasteiger partial charge >= 0.3 is 0 Å². The van der Waals surface area contributed by atoms with E-state index >= 15 is 0 Å². The molecule has 1 saturated carbocycles. The quantitative estimate of drug-likeness (QED) is 0.894. The molecule has 3 atom stereocenters. The van der Waals surface area contributed by atoms with E-state index in [1.54, 1.807) is 12.1 Å². The van der Waals surface area contributed by atoms with E-state index < -0.39 is 0 Å². The van der Waals surface area contributed by atoms with Crippen molar-refractivity contribution in [2.75, 3.05) is 0 Å². The molecule has 0 heterocycles. The third kappa shape index (κ3) is 3.22. The molecule has 2 N–H and O–H groups in total. The summed E-state index contributed by atoms with van der Waals surface area (Å²) >= 11 is 0. The van der Waals surface area contributed by atoms with Gasteiger partial charge in [0.25, 0.3) is 0 Å². The molecule has 0 aromatic heterocycles. The van der Waals surface area contributed by atoms with E-state index in [9.17, 15) is 4.39 Å². The maximum absolute atomic E-state index is 13.1. The molecule has 0 radical (unpaired) electrons. The predicted octanol–water partition coefficient (Wildman–Crippen LogP) is 3.36. The molecular weight excluding hydrogens is 229 g/mol. The summed E-state index contributed by atoms with van der Waals surface area (Å²) in [5, 5.41) is 0. The van der Waals surface area contributed by atoms with Crippen LogP contribution in [0.15, 0.2) is 24.3 Å². The summed E-state index contributed by atoms with van der Waals surface area (Å²) in [6.45, 7) is 4.47. The van der Waals surface area contributed by atoms with Gasteiger partial charge in [0.1, 0.15) is 17.7 Å². The standard InChI is InChI=1S/C15H22FNO/c1-10(2)11-6-7-14(17)15(8-11)18-13-5-3-4-12(16)9-13/h3-5,9-11,14-15H,6-8,17H2,1-2H3. The fraction of sp³-hybridized carbons (Fsp3) is 0.600. The van der Waals surface area contributed by atoms with Crippen LogP contribution in [0.2, 0.25) is 0 Å².